The third kappa shape index (κ3) is 3.21. The number of hydrogen-bond acceptors (Lipinski definition) is 2. The summed E-state index contributed by atoms with van der Waals surface area (Å²) in [6.45, 7) is 8.89. The van der Waals surface area contributed by atoms with Crippen molar-refractivity contribution in [2.75, 3.05) is 11.1 Å². The molecule has 0 radical (unpaired) electrons. The van der Waals surface area contributed by atoms with E-state index in [1.54, 1.807) is 0 Å². The molecule has 0 atom stereocenters. The molecule has 0 saturated heterocycles. The van der Waals surface area contributed by atoms with Gasteiger partial charge in [0.05, 0.1) is 0 Å². The highest BCUT2D eigenvalue weighted by molar-refractivity contribution is 5.64. The third-order valence-electron chi connectivity index (χ3n) is 3.50. The third-order valence-corrected chi connectivity index (χ3v) is 3.50. The van der Waals surface area contributed by atoms with E-state index in [-0.39, 0.29) is 0 Å². The highest BCUT2D eigenvalue weighted by atomic mass is 14.9. The average molecular weight is 266 g/mol. The fourth-order valence-electron chi connectivity index (χ4n) is 2.27. The first-order valence-electron chi connectivity index (χ1n) is 6.98. The normalized spacial score (nSPS) is 10.3. The van der Waals surface area contributed by atoms with Gasteiger partial charge in [0.25, 0.3) is 0 Å². The monoisotopic (exact) mass is 266 g/mol. The summed E-state index contributed by atoms with van der Waals surface area (Å²) in [5.74, 6) is 0. The van der Waals surface area contributed by atoms with Gasteiger partial charge < -0.3 is 11.1 Å². The molecule has 2 aromatic carbocycles. The molecule has 20 heavy (non-hydrogen) atoms. The van der Waals surface area contributed by atoms with E-state index in [0.717, 1.165) is 29.9 Å². The summed E-state index contributed by atoms with van der Waals surface area (Å²) >= 11 is 0. The van der Waals surface area contributed by atoms with Gasteiger partial charge in [0.2, 0.25) is 0 Å². The zero-order valence-electron chi connectivity index (χ0n) is 12.2. The minimum Gasteiger partial charge on any atom is -0.398 e. The Balaban J connectivity index is 2.09. The molecule has 0 aliphatic heterocycles. The SMILES string of the molecule is C=C(C)c1ccc(CNc2cccc(N)c2CC)cc1. The molecule has 2 nitrogen and oxygen atoms in total. The van der Waals surface area contributed by atoms with Crippen LogP contribution in [0.5, 0.6) is 0 Å². The van der Waals surface area contributed by atoms with Crippen molar-refractivity contribution in [1.82, 2.24) is 0 Å². The van der Waals surface area contributed by atoms with Crippen LogP contribution in [0.4, 0.5) is 11.4 Å². The van der Waals surface area contributed by atoms with Crippen molar-refractivity contribution >= 4 is 16.9 Å². The van der Waals surface area contributed by atoms with E-state index in [0.29, 0.717) is 0 Å². The second-order valence-electron chi connectivity index (χ2n) is 5.06. The topological polar surface area (TPSA) is 38.0 Å². The fraction of sp³-hybridized carbons (Fsp3) is 0.222. The first kappa shape index (κ1) is 14.2. The predicted octanol–water partition coefficient (Wildman–Crippen LogP) is 4.48. The number of hydrogen-bond donors (Lipinski definition) is 2. The van der Waals surface area contributed by atoms with Crippen LogP contribution in [0.2, 0.25) is 0 Å². The maximum absolute atomic E-state index is 6.00. The molecular formula is C18H22N2. The highest BCUT2D eigenvalue weighted by Gasteiger charge is 2.04. The molecule has 104 valence electrons. The Hall–Kier alpha value is -2.22. The van der Waals surface area contributed by atoms with Crippen LogP contribution in [0.15, 0.2) is 49.0 Å². The summed E-state index contributed by atoms with van der Waals surface area (Å²) in [7, 11) is 0. The van der Waals surface area contributed by atoms with Gasteiger partial charge in [-0.15, -0.1) is 0 Å². The molecule has 0 bridgehead atoms. The van der Waals surface area contributed by atoms with E-state index in [4.69, 9.17) is 5.73 Å². The van der Waals surface area contributed by atoms with Crippen molar-refractivity contribution < 1.29 is 0 Å². The fourth-order valence-corrected chi connectivity index (χ4v) is 2.27. The van der Waals surface area contributed by atoms with E-state index >= 15 is 0 Å². The van der Waals surface area contributed by atoms with Gasteiger partial charge in [0.1, 0.15) is 0 Å². The van der Waals surface area contributed by atoms with Crippen LogP contribution in [-0.2, 0) is 13.0 Å². The quantitative estimate of drug-likeness (QED) is 0.783. The zero-order chi connectivity index (χ0) is 14.5. The van der Waals surface area contributed by atoms with Crippen LogP contribution < -0.4 is 11.1 Å². The number of nitrogens with two attached hydrogens (primary N) is 1. The van der Waals surface area contributed by atoms with Gasteiger partial charge in [-0.25, -0.2) is 0 Å². The van der Waals surface area contributed by atoms with Crippen LogP contribution >= 0.6 is 0 Å². The van der Waals surface area contributed by atoms with Crippen molar-refractivity contribution in [3.05, 3.63) is 65.7 Å². The number of allylic oxidation sites excluding steroid dienone is 1. The highest BCUT2D eigenvalue weighted by Crippen LogP contribution is 2.23. The second-order valence-corrected chi connectivity index (χ2v) is 5.06. The summed E-state index contributed by atoms with van der Waals surface area (Å²) in [4.78, 5) is 0. The molecule has 0 amide bonds. The Morgan fingerprint density at radius 1 is 1.15 bits per heavy atom. The van der Waals surface area contributed by atoms with Gasteiger partial charge in [-0.1, -0.05) is 49.4 Å². The molecule has 0 saturated carbocycles. The molecule has 0 unspecified atom stereocenters. The zero-order valence-corrected chi connectivity index (χ0v) is 12.2. The summed E-state index contributed by atoms with van der Waals surface area (Å²) in [6.07, 6.45) is 0.934. The molecule has 2 aromatic rings. The second kappa shape index (κ2) is 6.29. The Labute approximate surface area is 121 Å². The number of anilines is 2. The molecule has 3 N–H and O–H groups in total. The summed E-state index contributed by atoms with van der Waals surface area (Å²) in [5.41, 5.74) is 12.7. The van der Waals surface area contributed by atoms with Crippen LogP contribution in [0.3, 0.4) is 0 Å². The standard InChI is InChI=1S/C18H22N2/c1-4-16-17(19)6-5-7-18(16)20-12-14-8-10-15(11-9-14)13(2)3/h5-11,20H,2,4,12,19H2,1,3H3. The number of nitrogen functional groups attached to an aromatic ring is 1. The minimum absolute atomic E-state index is 0.799. The van der Waals surface area contributed by atoms with Crippen molar-refractivity contribution in [2.45, 2.75) is 26.8 Å². The average Bonchev–Trinajstić information content (AvgIpc) is 2.45. The van der Waals surface area contributed by atoms with Crippen molar-refractivity contribution in [3.63, 3.8) is 0 Å². The lowest BCUT2D eigenvalue weighted by Crippen LogP contribution is -2.04. The lowest BCUT2D eigenvalue weighted by molar-refractivity contribution is 1.09. The Morgan fingerprint density at radius 2 is 1.85 bits per heavy atom. The van der Waals surface area contributed by atoms with E-state index in [1.807, 2.05) is 19.1 Å². The maximum Gasteiger partial charge on any atom is 0.0400 e. The molecule has 0 fully saturated rings. The Morgan fingerprint density at radius 3 is 2.45 bits per heavy atom. The van der Waals surface area contributed by atoms with Gasteiger partial charge in [-0.3, -0.25) is 0 Å². The number of rotatable bonds is 5. The number of nitrogens with one attached hydrogen (secondary N) is 1. The van der Waals surface area contributed by atoms with E-state index in [2.05, 4.69) is 49.2 Å². The lowest BCUT2D eigenvalue weighted by atomic mass is 10.1. The van der Waals surface area contributed by atoms with Gasteiger partial charge in [-0.2, -0.15) is 0 Å². The van der Waals surface area contributed by atoms with Gasteiger partial charge in [-0.05, 0) is 42.2 Å². The summed E-state index contributed by atoms with van der Waals surface area (Å²) in [6, 6.07) is 14.5. The Bertz CT molecular complexity index is 597. The van der Waals surface area contributed by atoms with Gasteiger partial charge in [0.15, 0.2) is 0 Å². The molecule has 2 heteroatoms. The molecule has 0 spiro atoms. The van der Waals surface area contributed by atoms with Crippen molar-refractivity contribution in [2.24, 2.45) is 0 Å². The minimum atomic E-state index is 0.799. The summed E-state index contributed by atoms with van der Waals surface area (Å²) < 4.78 is 0. The smallest absolute Gasteiger partial charge is 0.0400 e. The van der Waals surface area contributed by atoms with Crippen molar-refractivity contribution in [3.8, 4) is 0 Å². The van der Waals surface area contributed by atoms with Gasteiger partial charge >= 0.3 is 0 Å². The largest absolute Gasteiger partial charge is 0.398 e. The molecule has 0 heterocycles. The van der Waals surface area contributed by atoms with Crippen LogP contribution in [0, 0.1) is 0 Å². The molecule has 0 aliphatic rings. The van der Waals surface area contributed by atoms with E-state index < -0.39 is 0 Å². The lowest BCUT2D eigenvalue weighted by Gasteiger charge is -2.13. The van der Waals surface area contributed by atoms with E-state index in [1.165, 1.54) is 16.7 Å². The summed E-state index contributed by atoms with van der Waals surface area (Å²) in [5, 5.41) is 3.47. The molecule has 0 aliphatic carbocycles. The van der Waals surface area contributed by atoms with Crippen LogP contribution in [0.1, 0.15) is 30.5 Å². The van der Waals surface area contributed by atoms with Crippen LogP contribution in [-0.4, -0.2) is 0 Å². The van der Waals surface area contributed by atoms with E-state index in [9.17, 15) is 0 Å². The Kier molecular flexibility index (Phi) is 4.46. The van der Waals surface area contributed by atoms with Gasteiger partial charge in [0, 0.05) is 17.9 Å². The molecule has 2 rings (SSSR count). The molecule has 0 aromatic heterocycles. The number of benzene rings is 2. The maximum atomic E-state index is 6.00. The molecular weight excluding hydrogens is 244 g/mol. The van der Waals surface area contributed by atoms with Crippen LogP contribution in [0.25, 0.3) is 5.57 Å². The first-order valence-corrected chi connectivity index (χ1v) is 6.98. The van der Waals surface area contributed by atoms with Crippen molar-refractivity contribution in [1.29, 1.82) is 0 Å². The predicted molar refractivity (Wildman–Crippen MR) is 88.7 cm³/mol. The first-order chi connectivity index (χ1) is 9.61.